The van der Waals surface area contributed by atoms with Gasteiger partial charge in [-0.2, -0.15) is 0 Å². The minimum absolute atomic E-state index is 0.315. The molecule has 2 heterocycles. The van der Waals surface area contributed by atoms with Gasteiger partial charge in [-0.15, -0.1) is 0 Å². The van der Waals surface area contributed by atoms with E-state index in [9.17, 15) is 5.11 Å². The fraction of sp³-hybridized carbons (Fsp3) is 0.619. The van der Waals surface area contributed by atoms with Crippen LogP contribution in [0.3, 0.4) is 0 Å². The van der Waals surface area contributed by atoms with Crippen molar-refractivity contribution in [1.82, 2.24) is 4.57 Å². The lowest BCUT2D eigenvalue weighted by Gasteiger charge is -2.18. The SMILES string of the molecule is Cc1ccc2c(c1)c1c(n2CC(O)C[NH2+]CC2CCCO2)CCCC1. The number of quaternary nitrogens is 1. The van der Waals surface area contributed by atoms with Gasteiger partial charge < -0.3 is 19.7 Å². The summed E-state index contributed by atoms with van der Waals surface area (Å²) in [7, 11) is 0. The summed E-state index contributed by atoms with van der Waals surface area (Å²) >= 11 is 0. The normalized spacial score (nSPS) is 21.6. The van der Waals surface area contributed by atoms with Gasteiger partial charge in [-0.05, 0) is 63.1 Å². The number of rotatable bonds is 6. The highest BCUT2D eigenvalue weighted by atomic mass is 16.5. The zero-order valence-corrected chi connectivity index (χ0v) is 15.3. The number of benzene rings is 1. The number of hydrogen-bond donors (Lipinski definition) is 2. The van der Waals surface area contributed by atoms with Crippen LogP contribution in [0.15, 0.2) is 18.2 Å². The second kappa shape index (κ2) is 7.48. The van der Waals surface area contributed by atoms with E-state index in [4.69, 9.17) is 4.74 Å². The average molecular weight is 343 g/mol. The van der Waals surface area contributed by atoms with Crippen molar-refractivity contribution in [3.63, 3.8) is 0 Å². The summed E-state index contributed by atoms with van der Waals surface area (Å²) in [4.78, 5) is 0. The first-order valence-electron chi connectivity index (χ1n) is 9.94. The fourth-order valence-corrected chi connectivity index (χ4v) is 4.55. The first kappa shape index (κ1) is 17.1. The number of nitrogens with zero attached hydrogens (tertiary/aromatic N) is 1. The van der Waals surface area contributed by atoms with Crippen LogP contribution in [0.2, 0.25) is 0 Å². The largest absolute Gasteiger partial charge is 0.385 e. The molecule has 4 nitrogen and oxygen atoms in total. The van der Waals surface area contributed by atoms with Gasteiger partial charge in [-0.1, -0.05) is 11.6 Å². The highest BCUT2D eigenvalue weighted by Gasteiger charge is 2.22. The van der Waals surface area contributed by atoms with Crippen LogP contribution in [0, 0.1) is 6.92 Å². The molecule has 1 aromatic carbocycles. The quantitative estimate of drug-likeness (QED) is 0.842. The summed E-state index contributed by atoms with van der Waals surface area (Å²) < 4.78 is 8.06. The lowest BCUT2D eigenvalue weighted by atomic mass is 9.95. The number of nitrogens with two attached hydrogens (primary N) is 1. The monoisotopic (exact) mass is 343 g/mol. The van der Waals surface area contributed by atoms with Crippen molar-refractivity contribution in [2.24, 2.45) is 0 Å². The number of ether oxygens (including phenoxy) is 1. The maximum absolute atomic E-state index is 10.6. The second-order valence-electron chi connectivity index (χ2n) is 7.81. The molecule has 1 aliphatic carbocycles. The van der Waals surface area contributed by atoms with Crippen LogP contribution >= 0.6 is 0 Å². The molecule has 1 aromatic heterocycles. The summed E-state index contributed by atoms with van der Waals surface area (Å²) in [5.41, 5.74) is 5.62. The van der Waals surface area contributed by atoms with Crippen molar-refractivity contribution < 1.29 is 15.2 Å². The van der Waals surface area contributed by atoms with Gasteiger partial charge in [0.25, 0.3) is 0 Å². The number of hydrogen-bond acceptors (Lipinski definition) is 2. The van der Waals surface area contributed by atoms with E-state index in [0.29, 0.717) is 12.6 Å². The van der Waals surface area contributed by atoms with Gasteiger partial charge in [0.2, 0.25) is 0 Å². The van der Waals surface area contributed by atoms with Gasteiger partial charge in [0.05, 0.1) is 6.54 Å². The number of aromatic nitrogens is 1. The first-order chi connectivity index (χ1) is 12.2. The Balaban J connectivity index is 1.48. The van der Waals surface area contributed by atoms with Crippen LogP contribution in [0.4, 0.5) is 0 Å². The highest BCUT2D eigenvalue weighted by molar-refractivity contribution is 5.86. The molecular formula is C21H31N2O2+. The molecular weight excluding hydrogens is 312 g/mol. The minimum Gasteiger partial charge on any atom is -0.385 e. The van der Waals surface area contributed by atoms with Crippen molar-refractivity contribution in [3.8, 4) is 0 Å². The molecule has 2 atom stereocenters. The summed E-state index contributed by atoms with van der Waals surface area (Å²) in [6.45, 7) is 5.50. The summed E-state index contributed by atoms with van der Waals surface area (Å²) in [6, 6.07) is 6.76. The molecule has 4 rings (SSSR count). The van der Waals surface area contributed by atoms with Gasteiger partial charge in [0.1, 0.15) is 25.3 Å². The molecule has 1 aliphatic heterocycles. The Morgan fingerprint density at radius 2 is 2.16 bits per heavy atom. The summed E-state index contributed by atoms with van der Waals surface area (Å²) in [6.07, 6.45) is 7.31. The van der Waals surface area contributed by atoms with Crippen molar-refractivity contribution >= 4 is 10.9 Å². The number of fused-ring (bicyclic) bond motifs is 3. The topological polar surface area (TPSA) is 51.0 Å². The maximum Gasteiger partial charge on any atom is 0.121 e. The standard InChI is InChI=1S/C21H30N2O2/c1-15-8-9-21-19(11-15)18-6-2-3-7-20(18)23(21)14-16(24)12-22-13-17-5-4-10-25-17/h8-9,11,16-17,22,24H,2-7,10,12-14H2,1H3/p+1. The second-order valence-corrected chi connectivity index (χ2v) is 7.81. The van der Waals surface area contributed by atoms with Crippen LogP contribution in [0.25, 0.3) is 10.9 Å². The zero-order chi connectivity index (χ0) is 17.2. The molecule has 2 aliphatic rings. The molecule has 2 unspecified atom stereocenters. The van der Waals surface area contributed by atoms with Crippen LogP contribution in [0.1, 0.15) is 42.5 Å². The highest BCUT2D eigenvalue weighted by Crippen LogP contribution is 2.32. The molecule has 4 heteroatoms. The molecule has 2 aromatic rings. The predicted molar refractivity (Wildman–Crippen MR) is 100.0 cm³/mol. The molecule has 0 amide bonds. The van der Waals surface area contributed by atoms with Crippen LogP contribution in [-0.4, -0.2) is 41.6 Å². The van der Waals surface area contributed by atoms with E-state index in [-0.39, 0.29) is 6.10 Å². The molecule has 25 heavy (non-hydrogen) atoms. The van der Waals surface area contributed by atoms with Gasteiger partial charge in [-0.25, -0.2) is 0 Å². The van der Waals surface area contributed by atoms with E-state index in [2.05, 4.69) is 35.0 Å². The van der Waals surface area contributed by atoms with Gasteiger partial charge in [-0.3, -0.25) is 0 Å². The third kappa shape index (κ3) is 3.62. The smallest absolute Gasteiger partial charge is 0.121 e. The van der Waals surface area contributed by atoms with Crippen molar-refractivity contribution in [1.29, 1.82) is 0 Å². The summed E-state index contributed by atoms with van der Waals surface area (Å²) in [5.74, 6) is 0. The first-order valence-corrected chi connectivity index (χ1v) is 9.94. The molecule has 0 bridgehead atoms. The van der Waals surface area contributed by atoms with E-state index in [0.717, 1.165) is 26.1 Å². The van der Waals surface area contributed by atoms with Crippen LogP contribution < -0.4 is 5.32 Å². The molecule has 0 saturated carbocycles. The molecule has 0 spiro atoms. The Bertz CT molecular complexity index is 731. The maximum atomic E-state index is 10.6. The lowest BCUT2D eigenvalue weighted by molar-refractivity contribution is -0.666. The minimum atomic E-state index is -0.315. The van der Waals surface area contributed by atoms with Gasteiger partial charge in [0.15, 0.2) is 0 Å². The number of aryl methyl sites for hydroxylation is 2. The molecule has 136 valence electrons. The third-order valence-corrected chi connectivity index (χ3v) is 5.82. The fourth-order valence-electron chi connectivity index (χ4n) is 4.55. The van der Waals surface area contributed by atoms with Crippen molar-refractivity contribution in [2.45, 2.75) is 64.2 Å². The Morgan fingerprint density at radius 3 is 3.00 bits per heavy atom. The average Bonchev–Trinajstić information content (AvgIpc) is 3.22. The van der Waals surface area contributed by atoms with E-state index >= 15 is 0 Å². The molecule has 0 radical (unpaired) electrons. The predicted octanol–water partition coefficient (Wildman–Crippen LogP) is 1.93. The van der Waals surface area contributed by atoms with Crippen molar-refractivity contribution in [3.05, 3.63) is 35.0 Å². The molecule has 3 N–H and O–H groups in total. The Hall–Kier alpha value is -1.36. The van der Waals surface area contributed by atoms with Gasteiger partial charge in [0, 0.05) is 23.2 Å². The summed E-state index contributed by atoms with van der Waals surface area (Å²) in [5, 5.41) is 14.3. The Kier molecular flexibility index (Phi) is 5.11. The Morgan fingerprint density at radius 1 is 1.28 bits per heavy atom. The van der Waals surface area contributed by atoms with E-state index in [1.807, 2.05) is 0 Å². The molecule has 1 saturated heterocycles. The van der Waals surface area contributed by atoms with E-state index in [1.165, 1.54) is 59.8 Å². The zero-order valence-electron chi connectivity index (χ0n) is 15.3. The van der Waals surface area contributed by atoms with E-state index in [1.54, 1.807) is 0 Å². The molecule has 1 fully saturated rings. The lowest BCUT2D eigenvalue weighted by Crippen LogP contribution is -2.88. The van der Waals surface area contributed by atoms with Crippen molar-refractivity contribution in [2.75, 3.05) is 19.7 Å². The van der Waals surface area contributed by atoms with Gasteiger partial charge >= 0.3 is 0 Å². The van der Waals surface area contributed by atoms with Crippen LogP contribution in [0.5, 0.6) is 0 Å². The third-order valence-electron chi connectivity index (χ3n) is 5.82. The van der Waals surface area contributed by atoms with Crippen LogP contribution in [-0.2, 0) is 24.1 Å². The van der Waals surface area contributed by atoms with E-state index < -0.39 is 0 Å². The number of aliphatic hydroxyl groups excluding tert-OH is 1. The number of aliphatic hydroxyl groups is 1. The Labute approximate surface area is 150 Å².